The number of anilines is 1. The molecule has 1 aromatic carbocycles. The van der Waals surface area contributed by atoms with Crippen molar-refractivity contribution < 1.29 is 9.47 Å². The van der Waals surface area contributed by atoms with Crippen molar-refractivity contribution in [2.24, 2.45) is 11.8 Å². The maximum atomic E-state index is 6.10. The van der Waals surface area contributed by atoms with Crippen LogP contribution >= 0.6 is 36.0 Å². The van der Waals surface area contributed by atoms with Crippen molar-refractivity contribution in [1.82, 2.24) is 16.2 Å². The molecule has 6 nitrogen and oxygen atoms in total. The predicted molar refractivity (Wildman–Crippen MR) is 112 cm³/mol. The minimum Gasteiger partial charge on any atom is -0.495 e. The Balaban J connectivity index is 1.51. The standard InChI is InChI=1S/C17H21ClN4O2S2/c1-23-14-8-13(15(24-2)7-11(14)18)20-17(26)22-21-16(25)19-12-6-9-3-4-10(12)5-9/h3-4,7-10,12H,5-6H2,1-2H3,(H2,19,21,25)(H2,20,22,26). The fraction of sp³-hybridized carbons (Fsp3) is 0.412. The van der Waals surface area contributed by atoms with Crippen LogP contribution in [-0.2, 0) is 0 Å². The van der Waals surface area contributed by atoms with Crippen molar-refractivity contribution in [3.8, 4) is 11.5 Å². The lowest BCUT2D eigenvalue weighted by atomic mass is 10.0. The summed E-state index contributed by atoms with van der Waals surface area (Å²) in [6.07, 6.45) is 6.90. The third-order valence-corrected chi connectivity index (χ3v) is 5.33. The monoisotopic (exact) mass is 412 g/mol. The van der Waals surface area contributed by atoms with Crippen LogP contribution in [0.2, 0.25) is 5.02 Å². The third kappa shape index (κ3) is 4.31. The molecular formula is C17H21ClN4O2S2. The Hall–Kier alpha value is -1.77. The maximum absolute atomic E-state index is 6.10. The molecule has 0 aliphatic heterocycles. The summed E-state index contributed by atoms with van der Waals surface area (Å²) in [7, 11) is 3.10. The lowest BCUT2D eigenvalue weighted by Crippen LogP contribution is -2.51. The average molecular weight is 413 g/mol. The number of hydrogen-bond donors (Lipinski definition) is 4. The summed E-state index contributed by atoms with van der Waals surface area (Å²) in [5.41, 5.74) is 6.41. The van der Waals surface area contributed by atoms with Gasteiger partial charge in [-0.05, 0) is 49.1 Å². The van der Waals surface area contributed by atoms with Crippen molar-refractivity contribution in [2.45, 2.75) is 18.9 Å². The Morgan fingerprint density at radius 3 is 2.38 bits per heavy atom. The van der Waals surface area contributed by atoms with Crippen LogP contribution in [0.5, 0.6) is 11.5 Å². The van der Waals surface area contributed by atoms with E-state index in [2.05, 4.69) is 33.6 Å². The van der Waals surface area contributed by atoms with Crippen molar-refractivity contribution >= 4 is 51.9 Å². The van der Waals surface area contributed by atoms with E-state index in [9.17, 15) is 0 Å². The SMILES string of the molecule is COc1cc(NC(=S)NNC(=S)NC2CC3C=CC2C3)c(OC)cc1Cl. The van der Waals surface area contributed by atoms with Crippen molar-refractivity contribution in [1.29, 1.82) is 0 Å². The molecule has 0 saturated heterocycles. The van der Waals surface area contributed by atoms with Gasteiger partial charge in [-0.2, -0.15) is 0 Å². The molecule has 0 aromatic heterocycles. The molecule has 0 spiro atoms. The summed E-state index contributed by atoms with van der Waals surface area (Å²) >= 11 is 16.7. The molecule has 1 saturated carbocycles. The maximum Gasteiger partial charge on any atom is 0.189 e. The molecule has 0 heterocycles. The summed E-state index contributed by atoms with van der Waals surface area (Å²) < 4.78 is 10.5. The zero-order chi connectivity index (χ0) is 18.7. The number of rotatable bonds is 4. The van der Waals surface area contributed by atoms with Crippen molar-refractivity contribution in [2.75, 3.05) is 19.5 Å². The Bertz CT molecular complexity index is 744. The van der Waals surface area contributed by atoms with Gasteiger partial charge in [0.2, 0.25) is 0 Å². The number of fused-ring (bicyclic) bond motifs is 2. The van der Waals surface area contributed by atoms with Crippen molar-refractivity contribution in [3.63, 3.8) is 0 Å². The Labute approximate surface area is 168 Å². The van der Waals surface area contributed by atoms with Gasteiger partial charge < -0.3 is 20.1 Å². The van der Waals surface area contributed by atoms with Gasteiger partial charge in [0, 0.05) is 18.2 Å². The minimum absolute atomic E-state index is 0.338. The third-order valence-electron chi connectivity index (χ3n) is 4.61. The van der Waals surface area contributed by atoms with Gasteiger partial charge in [-0.3, -0.25) is 10.9 Å². The molecule has 0 amide bonds. The Kier molecular flexibility index (Phi) is 6.05. The molecular weight excluding hydrogens is 392 g/mol. The van der Waals surface area contributed by atoms with Gasteiger partial charge in [-0.1, -0.05) is 23.8 Å². The first kappa shape index (κ1) is 19.0. The van der Waals surface area contributed by atoms with E-state index in [1.165, 1.54) is 6.42 Å². The van der Waals surface area contributed by atoms with E-state index in [0.29, 0.717) is 50.3 Å². The van der Waals surface area contributed by atoms with E-state index in [4.69, 9.17) is 45.5 Å². The van der Waals surface area contributed by atoms with Crippen LogP contribution < -0.4 is 31.0 Å². The number of thiocarbonyl (C=S) groups is 2. The first-order valence-corrected chi connectivity index (χ1v) is 9.43. The van der Waals surface area contributed by atoms with Gasteiger partial charge in [0.15, 0.2) is 10.2 Å². The van der Waals surface area contributed by atoms with Crippen LogP contribution in [0.4, 0.5) is 5.69 Å². The van der Waals surface area contributed by atoms with Crippen LogP contribution in [-0.4, -0.2) is 30.5 Å². The number of hydrogen-bond acceptors (Lipinski definition) is 4. The second-order valence-corrected chi connectivity index (χ2v) is 7.48. The summed E-state index contributed by atoms with van der Waals surface area (Å²) in [6, 6.07) is 3.76. The molecule has 1 fully saturated rings. The molecule has 3 atom stereocenters. The van der Waals surface area contributed by atoms with E-state index < -0.39 is 0 Å². The highest BCUT2D eigenvalue weighted by atomic mass is 35.5. The highest BCUT2D eigenvalue weighted by molar-refractivity contribution is 7.80. The molecule has 26 heavy (non-hydrogen) atoms. The van der Waals surface area contributed by atoms with Gasteiger partial charge in [0.05, 0.1) is 24.9 Å². The van der Waals surface area contributed by atoms with Crippen LogP contribution in [0.15, 0.2) is 24.3 Å². The normalized spacial score (nSPS) is 22.7. The molecule has 1 aromatic rings. The summed E-state index contributed by atoms with van der Waals surface area (Å²) in [5, 5.41) is 7.68. The minimum atomic E-state index is 0.338. The first-order valence-electron chi connectivity index (χ1n) is 8.23. The smallest absolute Gasteiger partial charge is 0.189 e. The van der Waals surface area contributed by atoms with Crippen molar-refractivity contribution in [3.05, 3.63) is 29.3 Å². The van der Waals surface area contributed by atoms with E-state index in [-0.39, 0.29) is 0 Å². The molecule has 2 bridgehead atoms. The Morgan fingerprint density at radius 1 is 1.04 bits per heavy atom. The zero-order valence-electron chi connectivity index (χ0n) is 14.5. The number of halogens is 1. The molecule has 0 radical (unpaired) electrons. The largest absolute Gasteiger partial charge is 0.495 e. The van der Waals surface area contributed by atoms with Gasteiger partial charge in [-0.25, -0.2) is 0 Å². The summed E-state index contributed by atoms with van der Waals surface area (Å²) in [5.74, 6) is 2.32. The number of ether oxygens (including phenoxy) is 2. The number of nitrogens with one attached hydrogen (secondary N) is 4. The van der Waals surface area contributed by atoms with E-state index >= 15 is 0 Å². The second-order valence-electron chi connectivity index (χ2n) is 6.25. The second kappa shape index (κ2) is 8.28. The first-order chi connectivity index (χ1) is 12.5. The lowest BCUT2D eigenvalue weighted by molar-refractivity contribution is 0.405. The molecule has 3 rings (SSSR count). The fourth-order valence-electron chi connectivity index (χ4n) is 3.38. The van der Waals surface area contributed by atoms with Gasteiger partial charge in [-0.15, -0.1) is 0 Å². The average Bonchev–Trinajstić information content (AvgIpc) is 3.24. The highest BCUT2D eigenvalue weighted by Crippen LogP contribution is 2.39. The van der Waals surface area contributed by atoms with Gasteiger partial charge >= 0.3 is 0 Å². The van der Waals surface area contributed by atoms with Crippen LogP contribution in [0.25, 0.3) is 0 Å². The molecule has 4 N–H and O–H groups in total. The number of methoxy groups -OCH3 is 2. The van der Waals surface area contributed by atoms with Crippen LogP contribution in [0, 0.1) is 11.8 Å². The van der Waals surface area contributed by atoms with E-state index in [0.717, 1.165) is 6.42 Å². The molecule has 2 aliphatic rings. The van der Waals surface area contributed by atoms with Gasteiger partial charge in [0.1, 0.15) is 11.5 Å². The van der Waals surface area contributed by atoms with Crippen LogP contribution in [0.3, 0.4) is 0 Å². The molecule has 2 aliphatic carbocycles. The number of allylic oxidation sites excluding steroid dienone is 1. The quantitative estimate of drug-likeness (QED) is 0.342. The zero-order valence-corrected chi connectivity index (χ0v) is 16.9. The Morgan fingerprint density at radius 2 is 1.77 bits per heavy atom. The summed E-state index contributed by atoms with van der Waals surface area (Å²) in [4.78, 5) is 0. The number of benzene rings is 1. The lowest BCUT2D eigenvalue weighted by Gasteiger charge is -2.22. The summed E-state index contributed by atoms with van der Waals surface area (Å²) in [6.45, 7) is 0. The van der Waals surface area contributed by atoms with E-state index in [1.54, 1.807) is 26.4 Å². The van der Waals surface area contributed by atoms with Crippen LogP contribution in [0.1, 0.15) is 12.8 Å². The van der Waals surface area contributed by atoms with E-state index in [1.807, 2.05) is 0 Å². The predicted octanol–water partition coefficient (Wildman–Crippen LogP) is 2.99. The fourth-order valence-corrected chi connectivity index (χ4v) is 3.97. The number of hydrazine groups is 1. The topological polar surface area (TPSA) is 66.6 Å². The molecule has 9 heteroatoms. The molecule has 140 valence electrons. The van der Waals surface area contributed by atoms with Gasteiger partial charge in [0.25, 0.3) is 0 Å². The molecule has 3 unspecified atom stereocenters. The highest BCUT2D eigenvalue weighted by Gasteiger charge is 2.35.